The number of carbonyl (C=O) groups is 1. The lowest BCUT2D eigenvalue weighted by molar-refractivity contribution is -0.119. The molecule has 0 radical (unpaired) electrons. The van der Waals surface area contributed by atoms with Crippen LogP contribution in [0.25, 0.3) is 0 Å². The highest BCUT2D eigenvalue weighted by molar-refractivity contribution is 6.06. The molecule has 0 aromatic heterocycles. The lowest BCUT2D eigenvalue weighted by Crippen LogP contribution is -2.26. The predicted molar refractivity (Wildman–Crippen MR) is 74.8 cm³/mol. The van der Waals surface area contributed by atoms with Crippen LogP contribution in [0.15, 0.2) is 12.1 Å². The van der Waals surface area contributed by atoms with E-state index < -0.39 is 5.41 Å². The van der Waals surface area contributed by atoms with Crippen molar-refractivity contribution in [2.75, 3.05) is 5.32 Å². The Labute approximate surface area is 109 Å². The molecule has 0 bridgehead atoms. The Morgan fingerprint density at radius 3 is 2.61 bits per heavy atom. The van der Waals surface area contributed by atoms with E-state index in [1.54, 1.807) is 0 Å². The van der Waals surface area contributed by atoms with Gasteiger partial charge in [-0.05, 0) is 50.3 Å². The lowest BCUT2D eigenvalue weighted by Gasteiger charge is -2.17. The van der Waals surface area contributed by atoms with Gasteiger partial charge in [-0.3, -0.25) is 4.79 Å². The first-order valence-electron chi connectivity index (χ1n) is 6.59. The quantitative estimate of drug-likeness (QED) is 0.860. The molecule has 2 rings (SSSR count). The number of aryl methyl sites for hydroxylation is 1. The van der Waals surface area contributed by atoms with Crippen LogP contribution in [-0.2, 0) is 23.1 Å². The molecule has 1 atom stereocenters. The number of anilines is 1. The number of hydrogen-bond donors (Lipinski definition) is 2. The van der Waals surface area contributed by atoms with Crippen LogP contribution in [0.3, 0.4) is 0 Å². The van der Waals surface area contributed by atoms with Gasteiger partial charge in [0.15, 0.2) is 0 Å². The van der Waals surface area contributed by atoms with Crippen LogP contribution >= 0.6 is 0 Å². The van der Waals surface area contributed by atoms with Gasteiger partial charge >= 0.3 is 0 Å². The molecule has 3 heteroatoms. The van der Waals surface area contributed by atoms with Crippen molar-refractivity contribution in [2.45, 2.75) is 52.0 Å². The summed E-state index contributed by atoms with van der Waals surface area (Å²) in [7, 11) is 0. The number of hydrogen-bond acceptors (Lipinski definition) is 2. The van der Waals surface area contributed by atoms with E-state index in [-0.39, 0.29) is 11.9 Å². The van der Waals surface area contributed by atoms with Crippen LogP contribution in [0.2, 0.25) is 0 Å². The molecule has 1 amide bonds. The van der Waals surface area contributed by atoms with Crippen molar-refractivity contribution in [3.8, 4) is 0 Å². The second kappa shape index (κ2) is 4.39. The third kappa shape index (κ3) is 2.03. The summed E-state index contributed by atoms with van der Waals surface area (Å²) in [5.74, 6) is 0.0803. The predicted octanol–water partition coefficient (Wildman–Crippen LogP) is 2.37. The zero-order chi connectivity index (χ0) is 13.5. The molecule has 1 aromatic rings. The zero-order valence-corrected chi connectivity index (χ0v) is 11.6. The van der Waals surface area contributed by atoms with Crippen LogP contribution in [0.4, 0.5) is 5.69 Å². The molecule has 0 fully saturated rings. The van der Waals surface area contributed by atoms with Crippen LogP contribution in [0, 0.1) is 0 Å². The minimum atomic E-state index is -0.437. The van der Waals surface area contributed by atoms with Crippen LogP contribution in [0.5, 0.6) is 0 Å². The highest BCUT2D eigenvalue weighted by Gasteiger charge is 2.39. The van der Waals surface area contributed by atoms with E-state index in [0.29, 0.717) is 0 Å². The molecule has 1 heterocycles. The Hall–Kier alpha value is -1.35. The Balaban J connectivity index is 2.57. The maximum Gasteiger partial charge on any atom is 0.234 e. The minimum absolute atomic E-state index is 0.0803. The molecule has 0 spiro atoms. The molecule has 3 nitrogen and oxygen atoms in total. The number of amides is 1. The van der Waals surface area contributed by atoms with Gasteiger partial charge in [-0.25, -0.2) is 0 Å². The number of fused-ring (bicyclic) bond motifs is 1. The maximum absolute atomic E-state index is 12.0. The zero-order valence-electron chi connectivity index (χ0n) is 11.6. The number of carbonyl (C=O) groups excluding carboxylic acids is 1. The lowest BCUT2D eigenvalue weighted by atomic mass is 9.83. The summed E-state index contributed by atoms with van der Waals surface area (Å²) in [5, 5.41) is 3.02. The van der Waals surface area contributed by atoms with E-state index in [1.807, 2.05) is 20.8 Å². The fourth-order valence-corrected chi connectivity index (χ4v) is 2.51. The molecule has 0 aliphatic carbocycles. The molecule has 1 aromatic carbocycles. The monoisotopic (exact) mass is 246 g/mol. The first-order valence-corrected chi connectivity index (χ1v) is 6.59. The molecule has 98 valence electrons. The summed E-state index contributed by atoms with van der Waals surface area (Å²) < 4.78 is 0. The molecule has 0 saturated heterocycles. The number of rotatable bonds is 3. The van der Waals surface area contributed by atoms with E-state index in [2.05, 4.69) is 24.4 Å². The highest BCUT2D eigenvalue weighted by Crippen LogP contribution is 2.40. The molecular formula is C15H22N2O. The molecule has 1 aliphatic rings. The molecule has 1 aliphatic heterocycles. The van der Waals surface area contributed by atoms with E-state index in [4.69, 9.17) is 5.73 Å². The summed E-state index contributed by atoms with van der Waals surface area (Å²) in [5.41, 5.74) is 10.00. The Morgan fingerprint density at radius 1 is 1.39 bits per heavy atom. The normalized spacial score (nSPS) is 18.4. The standard InChI is InChI=1S/C15H22N2O/c1-5-10-7-11(6-9(2)16)13-12(8-10)15(3,4)14(18)17-13/h7-9H,5-6,16H2,1-4H3,(H,17,18). The van der Waals surface area contributed by atoms with Crippen molar-refractivity contribution < 1.29 is 4.79 Å². The molecular weight excluding hydrogens is 224 g/mol. The smallest absolute Gasteiger partial charge is 0.234 e. The second-order valence-electron chi connectivity index (χ2n) is 5.79. The number of nitrogens with one attached hydrogen (secondary N) is 1. The van der Waals surface area contributed by atoms with Crippen molar-refractivity contribution in [3.05, 3.63) is 28.8 Å². The van der Waals surface area contributed by atoms with Crippen LogP contribution in [0.1, 0.15) is 44.4 Å². The first-order chi connectivity index (χ1) is 8.36. The highest BCUT2D eigenvalue weighted by atomic mass is 16.2. The van der Waals surface area contributed by atoms with E-state index in [0.717, 1.165) is 24.1 Å². The Morgan fingerprint density at radius 2 is 2.06 bits per heavy atom. The van der Waals surface area contributed by atoms with E-state index in [9.17, 15) is 4.79 Å². The fourth-order valence-electron chi connectivity index (χ4n) is 2.51. The summed E-state index contributed by atoms with van der Waals surface area (Å²) in [4.78, 5) is 12.0. The average Bonchev–Trinajstić information content (AvgIpc) is 2.51. The van der Waals surface area contributed by atoms with Gasteiger partial charge in [0, 0.05) is 11.7 Å². The number of benzene rings is 1. The Bertz CT molecular complexity index is 490. The molecule has 1 unspecified atom stereocenters. The summed E-state index contributed by atoms with van der Waals surface area (Å²) in [6.07, 6.45) is 1.77. The first kappa shape index (κ1) is 13.1. The van der Waals surface area contributed by atoms with Crippen molar-refractivity contribution in [3.63, 3.8) is 0 Å². The summed E-state index contributed by atoms with van der Waals surface area (Å²) in [6.45, 7) is 8.08. The van der Waals surface area contributed by atoms with E-state index in [1.165, 1.54) is 11.1 Å². The molecule has 18 heavy (non-hydrogen) atoms. The van der Waals surface area contributed by atoms with Gasteiger partial charge in [0.2, 0.25) is 5.91 Å². The number of nitrogens with two attached hydrogens (primary N) is 1. The maximum atomic E-state index is 12.0. The van der Waals surface area contributed by atoms with Crippen LogP contribution < -0.4 is 11.1 Å². The molecule has 3 N–H and O–H groups in total. The van der Waals surface area contributed by atoms with Gasteiger partial charge in [-0.15, -0.1) is 0 Å². The second-order valence-corrected chi connectivity index (χ2v) is 5.79. The third-order valence-electron chi connectivity index (χ3n) is 3.71. The van der Waals surface area contributed by atoms with Crippen molar-refractivity contribution >= 4 is 11.6 Å². The third-order valence-corrected chi connectivity index (χ3v) is 3.71. The fraction of sp³-hybridized carbons (Fsp3) is 0.533. The van der Waals surface area contributed by atoms with E-state index >= 15 is 0 Å². The van der Waals surface area contributed by atoms with Gasteiger partial charge in [-0.2, -0.15) is 0 Å². The van der Waals surface area contributed by atoms with Crippen molar-refractivity contribution in [2.24, 2.45) is 5.73 Å². The van der Waals surface area contributed by atoms with Gasteiger partial charge in [0.1, 0.15) is 0 Å². The SMILES string of the molecule is CCc1cc(CC(C)N)c2c(c1)C(C)(C)C(=O)N2. The van der Waals surface area contributed by atoms with Crippen LogP contribution in [-0.4, -0.2) is 11.9 Å². The van der Waals surface area contributed by atoms with Gasteiger partial charge in [0.25, 0.3) is 0 Å². The topological polar surface area (TPSA) is 55.1 Å². The van der Waals surface area contributed by atoms with Gasteiger partial charge < -0.3 is 11.1 Å². The Kier molecular flexibility index (Phi) is 3.20. The summed E-state index contributed by atoms with van der Waals surface area (Å²) in [6, 6.07) is 4.42. The largest absolute Gasteiger partial charge is 0.328 e. The molecule has 0 saturated carbocycles. The van der Waals surface area contributed by atoms with Crippen molar-refractivity contribution in [1.82, 2.24) is 0 Å². The summed E-state index contributed by atoms with van der Waals surface area (Å²) >= 11 is 0. The van der Waals surface area contributed by atoms with Gasteiger partial charge in [0.05, 0.1) is 5.41 Å². The average molecular weight is 246 g/mol. The minimum Gasteiger partial charge on any atom is -0.328 e. The van der Waals surface area contributed by atoms with Crippen molar-refractivity contribution in [1.29, 1.82) is 0 Å². The van der Waals surface area contributed by atoms with Gasteiger partial charge in [-0.1, -0.05) is 19.1 Å².